The lowest BCUT2D eigenvalue weighted by Gasteiger charge is -2.50. The van der Waals surface area contributed by atoms with Crippen molar-refractivity contribution in [1.29, 1.82) is 0 Å². The summed E-state index contributed by atoms with van der Waals surface area (Å²) >= 11 is 0. The van der Waals surface area contributed by atoms with Crippen LogP contribution < -0.4 is 5.32 Å². The molecule has 2 aliphatic rings. The monoisotopic (exact) mass is 238 g/mol. The summed E-state index contributed by atoms with van der Waals surface area (Å²) in [5.74, 6) is 1.77. The predicted molar refractivity (Wildman–Crippen MR) is 74.2 cm³/mol. The molecule has 1 atom stereocenters. The molecule has 2 rings (SSSR count). The van der Waals surface area contributed by atoms with E-state index in [9.17, 15) is 0 Å². The lowest BCUT2D eigenvalue weighted by atomic mass is 9.85. The molecule has 1 aliphatic heterocycles. The Morgan fingerprint density at radius 1 is 1.24 bits per heavy atom. The fourth-order valence-electron chi connectivity index (χ4n) is 3.40. The molecule has 0 amide bonds. The topological polar surface area (TPSA) is 15.3 Å². The van der Waals surface area contributed by atoms with Gasteiger partial charge in [-0.15, -0.1) is 0 Å². The van der Waals surface area contributed by atoms with Gasteiger partial charge in [-0.3, -0.25) is 4.90 Å². The summed E-state index contributed by atoms with van der Waals surface area (Å²) in [6.45, 7) is 13.2. The van der Waals surface area contributed by atoms with Crippen LogP contribution in [-0.2, 0) is 0 Å². The van der Waals surface area contributed by atoms with Gasteiger partial charge >= 0.3 is 0 Å². The van der Waals surface area contributed by atoms with E-state index >= 15 is 0 Å². The Hall–Kier alpha value is -0.0800. The standard InChI is InChI=1S/C15H30N2/c1-5-15(6-2)11-16-14(13-7-8-13)10-17(15)9-12(3)4/h12-14,16H,5-11H2,1-4H3. The van der Waals surface area contributed by atoms with Crippen LogP contribution in [0.3, 0.4) is 0 Å². The third-order valence-electron chi connectivity index (χ3n) is 4.87. The fraction of sp³-hybridized carbons (Fsp3) is 1.00. The van der Waals surface area contributed by atoms with Crippen molar-refractivity contribution in [1.82, 2.24) is 10.2 Å². The molecule has 0 aromatic carbocycles. The first-order chi connectivity index (χ1) is 8.11. The van der Waals surface area contributed by atoms with Gasteiger partial charge in [0.05, 0.1) is 0 Å². The van der Waals surface area contributed by atoms with Gasteiger partial charge in [0.1, 0.15) is 0 Å². The predicted octanol–water partition coefficient (Wildman–Crippen LogP) is 2.89. The Bertz CT molecular complexity index is 241. The van der Waals surface area contributed by atoms with Crippen LogP contribution in [0.2, 0.25) is 0 Å². The van der Waals surface area contributed by atoms with Crippen molar-refractivity contribution in [3.8, 4) is 0 Å². The Kier molecular flexibility index (Phi) is 4.14. The van der Waals surface area contributed by atoms with Crippen LogP contribution in [0.15, 0.2) is 0 Å². The lowest BCUT2D eigenvalue weighted by molar-refractivity contribution is 0.0183. The zero-order valence-corrected chi connectivity index (χ0v) is 12.1. The minimum atomic E-state index is 0.426. The minimum Gasteiger partial charge on any atom is -0.311 e. The Morgan fingerprint density at radius 2 is 1.88 bits per heavy atom. The van der Waals surface area contributed by atoms with Gasteiger partial charge in [-0.05, 0) is 37.5 Å². The highest BCUT2D eigenvalue weighted by molar-refractivity contribution is 5.01. The molecule has 1 saturated carbocycles. The quantitative estimate of drug-likeness (QED) is 0.792. The average Bonchev–Trinajstić information content (AvgIpc) is 3.12. The molecule has 1 heterocycles. The molecule has 1 saturated heterocycles. The van der Waals surface area contributed by atoms with Crippen LogP contribution in [0.4, 0.5) is 0 Å². The number of nitrogens with zero attached hydrogens (tertiary/aromatic N) is 1. The van der Waals surface area contributed by atoms with E-state index in [1.807, 2.05) is 0 Å². The summed E-state index contributed by atoms with van der Waals surface area (Å²) in [4.78, 5) is 2.80. The highest BCUT2D eigenvalue weighted by atomic mass is 15.3. The van der Waals surface area contributed by atoms with E-state index in [0.29, 0.717) is 5.54 Å². The van der Waals surface area contributed by atoms with Crippen molar-refractivity contribution < 1.29 is 0 Å². The van der Waals surface area contributed by atoms with E-state index in [2.05, 4.69) is 37.9 Å². The maximum absolute atomic E-state index is 3.84. The van der Waals surface area contributed by atoms with Crippen molar-refractivity contribution in [2.75, 3.05) is 19.6 Å². The Labute approximate surface area is 107 Å². The number of rotatable bonds is 5. The van der Waals surface area contributed by atoms with Crippen molar-refractivity contribution in [2.45, 2.75) is 65.0 Å². The van der Waals surface area contributed by atoms with Crippen LogP contribution in [0.5, 0.6) is 0 Å². The molecule has 2 nitrogen and oxygen atoms in total. The van der Waals surface area contributed by atoms with Crippen molar-refractivity contribution in [3.05, 3.63) is 0 Å². The molecule has 1 N–H and O–H groups in total. The van der Waals surface area contributed by atoms with Crippen LogP contribution in [0.1, 0.15) is 53.4 Å². The molecule has 17 heavy (non-hydrogen) atoms. The van der Waals surface area contributed by atoms with E-state index < -0.39 is 0 Å². The summed E-state index contributed by atoms with van der Waals surface area (Å²) in [5.41, 5.74) is 0.426. The number of hydrogen-bond donors (Lipinski definition) is 1. The summed E-state index contributed by atoms with van der Waals surface area (Å²) in [7, 11) is 0. The molecule has 1 aliphatic carbocycles. The summed E-state index contributed by atoms with van der Waals surface area (Å²) < 4.78 is 0. The molecule has 0 aromatic heterocycles. The van der Waals surface area contributed by atoms with Gasteiger partial charge in [0.25, 0.3) is 0 Å². The Balaban J connectivity index is 2.05. The van der Waals surface area contributed by atoms with Gasteiger partial charge in [-0.1, -0.05) is 27.7 Å². The van der Waals surface area contributed by atoms with Crippen molar-refractivity contribution in [2.24, 2.45) is 11.8 Å². The van der Waals surface area contributed by atoms with Crippen LogP contribution in [0, 0.1) is 11.8 Å². The Morgan fingerprint density at radius 3 is 2.35 bits per heavy atom. The third kappa shape index (κ3) is 2.85. The molecular weight excluding hydrogens is 208 g/mol. The summed E-state index contributed by atoms with van der Waals surface area (Å²) in [5, 5.41) is 3.84. The van der Waals surface area contributed by atoms with Gasteiger partial charge in [-0.25, -0.2) is 0 Å². The lowest BCUT2D eigenvalue weighted by Crippen LogP contribution is -2.65. The molecule has 0 spiro atoms. The van der Waals surface area contributed by atoms with Gasteiger partial charge < -0.3 is 5.32 Å². The molecule has 2 heteroatoms. The van der Waals surface area contributed by atoms with E-state index in [1.54, 1.807) is 0 Å². The zero-order chi connectivity index (χ0) is 12.5. The fourth-order valence-corrected chi connectivity index (χ4v) is 3.40. The molecule has 1 unspecified atom stereocenters. The van der Waals surface area contributed by atoms with E-state index in [-0.39, 0.29) is 0 Å². The van der Waals surface area contributed by atoms with Crippen molar-refractivity contribution in [3.63, 3.8) is 0 Å². The maximum Gasteiger partial charge on any atom is 0.0329 e. The zero-order valence-electron chi connectivity index (χ0n) is 12.1. The van der Waals surface area contributed by atoms with Crippen LogP contribution in [0.25, 0.3) is 0 Å². The molecule has 100 valence electrons. The first-order valence-corrected chi connectivity index (χ1v) is 7.59. The van der Waals surface area contributed by atoms with Gasteiger partial charge in [0, 0.05) is 31.2 Å². The molecule has 0 bridgehead atoms. The van der Waals surface area contributed by atoms with Gasteiger partial charge in [0.15, 0.2) is 0 Å². The number of piperazine rings is 1. The van der Waals surface area contributed by atoms with E-state index in [4.69, 9.17) is 0 Å². The highest BCUT2D eigenvalue weighted by Crippen LogP contribution is 2.37. The molecule has 0 aromatic rings. The second-order valence-electron chi connectivity index (χ2n) is 6.56. The minimum absolute atomic E-state index is 0.426. The third-order valence-corrected chi connectivity index (χ3v) is 4.87. The normalized spacial score (nSPS) is 29.8. The largest absolute Gasteiger partial charge is 0.311 e. The first-order valence-electron chi connectivity index (χ1n) is 7.59. The first kappa shape index (κ1) is 13.4. The second-order valence-corrected chi connectivity index (χ2v) is 6.56. The maximum atomic E-state index is 3.84. The molecular formula is C15H30N2. The van der Waals surface area contributed by atoms with Crippen LogP contribution in [-0.4, -0.2) is 36.1 Å². The smallest absolute Gasteiger partial charge is 0.0329 e. The van der Waals surface area contributed by atoms with Crippen LogP contribution >= 0.6 is 0 Å². The summed E-state index contributed by atoms with van der Waals surface area (Å²) in [6, 6.07) is 0.778. The van der Waals surface area contributed by atoms with Crippen molar-refractivity contribution >= 4 is 0 Å². The highest BCUT2D eigenvalue weighted by Gasteiger charge is 2.43. The number of nitrogens with one attached hydrogen (secondary N) is 1. The molecule has 2 fully saturated rings. The number of hydrogen-bond acceptors (Lipinski definition) is 2. The van der Waals surface area contributed by atoms with Gasteiger partial charge in [-0.2, -0.15) is 0 Å². The van der Waals surface area contributed by atoms with Gasteiger partial charge in [0.2, 0.25) is 0 Å². The SMILES string of the molecule is CCC1(CC)CNC(C2CC2)CN1CC(C)C. The van der Waals surface area contributed by atoms with E-state index in [0.717, 1.165) is 17.9 Å². The summed E-state index contributed by atoms with van der Waals surface area (Å²) in [6.07, 6.45) is 5.47. The van der Waals surface area contributed by atoms with E-state index in [1.165, 1.54) is 45.3 Å². The average molecular weight is 238 g/mol. The molecule has 0 radical (unpaired) electrons. The second kappa shape index (κ2) is 5.27.